The molecule has 0 heterocycles. The van der Waals surface area contributed by atoms with Gasteiger partial charge in [-0.05, 0) is 31.9 Å². The maximum atomic E-state index is 12.0. The monoisotopic (exact) mass is 263 g/mol. The molecule has 1 fully saturated rings. The molecular formula is C15H21NO3. The van der Waals surface area contributed by atoms with Gasteiger partial charge in [0.05, 0.1) is 11.2 Å². The topological polar surface area (TPSA) is 69.6 Å². The smallest absolute Gasteiger partial charge is 0.255 e. The van der Waals surface area contributed by atoms with Crippen molar-refractivity contribution in [2.45, 2.75) is 44.6 Å². The Bertz CT molecular complexity index is 464. The highest BCUT2D eigenvalue weighted by molar-refractivity contribution is 5.97. The largest absolute Gasteiger partial charge is 0.507 e. The molecule has 0 bridgehead atoms. The first-order valence-electron chi connectivity index (χ1n) is 6.80. The molecule has 4 heteroatoms. The third-order valence-corrected chi connectivity index (χ3v) is 3.76. The van der Waals surface area contributed by atoms with E-state index in [0.717, 1.165) is 37.7 Å². The maximum Gasteiger partial charge on any atom is 0.255 e. The molecule has 1 amide bonds. The van der Waals surface area contributed by atoms with E-state index in [1.54, 1.807) is 12.1 Å². The molecule has 0 aromatic heterocycles. The zero-order valence-corrected chi connectivity index (χ0v) is 11.3. The molecule has 0 saturated heterocycles. The predicted molar refractivity (Wildman–Crippen MR) is 73.2 cm³/mol. The molecule has 0 unspecified atom stereocenters. The maximum absolute atomic E-state index is 12.0. The van der Waals surface area contributed by atoms with Crippen molar-refractivity contribution in [1.29, 1.82) is 0 Å². The van der Waals surface area contributed by atoms with Crippen molar-refractivity contribution >= 4 is 5.91 Å². The standard InChI is InChI=1S/C15H21NO3/c1-11-5-6-13(17)12(9-11)14(18)16-10-15(19)7-3-2-4-8-15/h5-6,9,17,19H,2-4,7-8,10H2,1H3,(H,16,18). The van der Waals surface area contributed by atoms with Crippen molar-refractivity contribution < 1.29 is 15.0 Å². The van der Waals surface area contributed by atoms with Crippen molar-refractivity contribution in [3.63, 3.8) is 0 Å². The first kappa shape index (κ1) is 13.9. The number of aromatic hydroxyl groups is 1. The molecule has 3 N–H and O–H groups in total. The normalized spacial score (nSPS) is 18.0. The van der Waals surface area contributed by atoms with Crippen molar-refractivity contribution in [2.24, 2.45) is 0 Å². The molecule has 104 valence electrons. The number of amides is 1. The van der Waals surface area contributed by atoms with Crippen LogP contribution in [-0.4, -0.2) is 28.3 Å². The van der Waals surface area contributed by atoms with Crippen LogP contribution in [0.25, 0.3) is 0 Å². The van der Waals surface area contributed by atoms with E-state index in [0.29, 0.717) is 0 Å². The van der Waals surface area contributed by atoms with Gasteiger partial charge < -0.3 is 15.5 Å². The summed E-state index contributed by atoms with van der Waals surface area (Å²) >= 11 is 0. The zero-order chi connectivity index (χ0) is 13.9. The average molecular weight is 263 g/mol. The Kier molecular flexibility index (Phi) is 4.10. The molecule has 0 radical (unpaired) electrons. The molecule has 1 saturated carbocycles. The van der Waals surface area contributed by atoms with Gasteiger partial charge in [-0.25, -0.2) is 0 Å². The van der Waals surface area contributed by atoms with E-state index in [9.17, 15) is 15.0 Å². The lowest BCUT2D eigenvalue weighted by Gasteiger charge is -2.32. The van der Waals surface area contributed by atoms with Gasteiger partial charge >= 0.3 is 0 Å². The van der Waals surface area contributed by atoms with Gasteiger partial charge in [0.1, 0.15) is 5.75 Å². The Morgan fingerprint density at radius 1 is 1.32 bits per heavy atom. The first-order valence-corrected chi connectivity index (χ1v) is 6.80. The van der Waals surface area contributed by atoms with E-state index in [2.05, 4.69) is 5.32 Å². The second-order valence-electron chi connectivity index (χ2n) is 5.49. The molecule has 19 heavy (non-hydrogen) atoms. The fourth-order valence-electron chi connectivity index (χ4n) is 2.56. The summed E-state index contributed by atoms with van der Waals surface area (Å²) in [7, 11) is 0. The van der Waals surface area contributed by atoms with Crippen LogP contribution in [-0.2, 0) is 0 Å². The quantitative estimate of drug-likeness (QED) is 0.782. The van der Waals surface area contributed by atoms with Gasteiger partial charge in [0.2, 0.25) is 0 Å². The summed E-state index contributed by atoms with van der Waals surface area (Å²) < 4.78 is 0. The zero-order valence-electron chi connectivity index (χ0n) is 11.3. The van der Waals surface area contributed by atoms with Gasteiger partial charge in [-0.3, -0.25) is 4.79 Å². The summed E-state index contributed by atoms with van der Waals surface area (Å²) in [5.41, 5.74) is 0.395. The van der Waals surface area contributed by atoms with E-state index in [4.69, 9.17) is 0 Å². The minimum Gasteiger partial charge on any atom is -0.507 e. The summed E-state index contributed by atoms with van der Waals surface area (Å²) in [6, 6.07) is 4.91. The Morgan fingerprint density at radius 2 is 2.00 bits per heavy atom. The SMILES string of the molecule is Cc1ccc(O)c(C(=O)NCC2(O)CCCCC2)c1. The number of phenolic OH excluding ortho intramolecular Hbond substituents is 1. The van der Waals surface area contributed by atoms with Gasteiger partial charge in [0, 0.05) is 6.54 Å². The molecular weight excluding hydrogens is 242 g/mol. The number of benzene rings is 1. The number of aliphatic hydroxyl groups is 1. The molecule has 0 atom stereocenters. The lowest BCUT2D eigenvalue weighted by Crippen LogP contribution is -2.44. The third-order valence-electron chi connectivity index (χ3n) is 3.76. The number of rotatable bonds is 3. The summed E-state index contributed by atoms with van der Waals surface area (Å²) in [5.74, 6) is -0.362. The fraction of sp³-hybridized carbons (Fsp3) is 0.533. The van der Waals surface area contributed by atoms with Gasteiger partial charge in [-0.15, -0.1) is 0 Å². The van der Waals surface area contributed by atoms with Crippen LogP contribution in [0.15, 0.2) is 18.2 Å². The molecule has 0 aliphatic heterocycles. The number of carbonyl (C=O) groups excluding carboxylic acids is 1. The fourth-order valence-corrected chi connectivity index (χ4v) is 2.56. The summed E-state index contributed by atoms with van der Waals surface area (Å²) in [4.78, 5) is 12.0. The highest BCUT2D eigenvalue weighted by Crippen LogP contribution is 2.27. The van der Waals surface area contributed by atoms with E-state index in [-0.39, 0.29) is 23.8 Å². The van der Waals surface area contributed by atoms with Gasteiger partial charge in [-0.2, -0.15) is 0 Å². The lowest BCUT2D eigenvalue weighted by atomic mass is 9.85. The van der Waals surface area contributed by atoms with Crippen LogP contribution in [0.3, 0.4) is 0 Å². The molecule has 2 rings (SSSR count). The third kappa shape index (κ3) is 3.47. The lowest BCUT2D eigenvalue weighted by molar-refractivity contribution is 0.00523. The van der Waals surface area contributed by atoms with Gasteiger partial charge in [-0.1, -0.05) is 30.9 Å². The molecule has 1 aliphatic rings. The van der Waals surface area contributed by atoms with Crippen LogP contribution in [0.2, 0.25) is 0 Å². The van der Waals surface area contributed by atoms with Crippen molar-refractivity contribution in [3.05, 3.63) is 29.3 Å². The van der Waals surface area contributed by atoms with Crippen molar-refractivity contribution in [3.8, 4) is 5.75 Å². The number of hydrogen-bond donors (Lipinski definition) is 3. The van der Waals surface area contributed by atoms with Gasteiger partial charge in [0.15, 0.2) is 0 Å². The highest BCUT2D eigenvalue weighted by Gasteiger charge is 2.29. The predicted octanol–water partition coefficient (Wildman–Crippen LogP) is 2.13. The molecule has 0 spiro atoms. The second-order valence-corrected chi connectivity index (χ2v) is 5.49. The van der Waals surface area contributed by atoms with E-state index in [1.165, 1.54) is 6.07 Å². The number of nitrogens with one attached hydrogen (secondary N) is 1. The number of carbonyl (C=O) groups is 1. The molecule has 4 nitrogen and oxygen atoms in total. The average Bonchev–Trinajstić information content (AvgIpc) is 2.40. The number of hydrogen-bond acceptors (Lipinski definition) is 3. The Hall–Kier alpha value is -1.55. The van der Waals surface area contributed by atoms with Crippen LogP contribution < -0.4 is 5.32 Å². The molecule has 1 aliphatic carbocycles. The van der Waals surface area contributed by atoms with Crippen molar-refractivity contribution in [1.82, 2.24) is 5.32 Å². The van der Waals surface area contributed by atoms with Crippen LogP contribution in [0.4, 0.5) is 0 Å². The van der Waals surface area contributed by atoms with E-state index in [1.807, 2.05) is 6.92 Å². The van der Waals surface area contributed by atoms with Crippen LogP contribution in [0.5, 0.6) is 5.75 Å². The number of phenols is 1. The summed E-state index contributed by atoms with van der Waals surface area (Å²) in [6.07, 6.45) is 4.61. The van der Waals surface area contributed by atoms with Crippen molar-refractivity contribution in [2.75, 3.05) is 6.54 Å². The Balaban J connectivity index is 1.99. The first-order chi connectivity index (χ1) is 9.00. The number of aryl methyl sites for hydroxylation is 1. The minimum atomic E-state index is -0.784. The minimum absolute atomic E-state index is 0.0290. The highest BCUT2D eigenvalue weighted by atomic mass is 16.3. The van der Waals surface area contributed by atoms with Gasteiger partial charge in [0.25, 0.3) is 5.91 Å². The van der Waals surface area contributed by atoms with Crippen LogP contribution >= 0.6 is 0 Å². The van der Waals surface area contributed by atoms with Crippen LogP contribution in [0.1, 0.15) is 48.0 Å². The summed E-state index contributed by atoms with van der Waals surface area (Å²) in [5, 5.41) is 22.7. The van der Waals surface area contributed by atoms with E-state index < -0.39 is 5.60 Å². The molecule has 1 aromatic rings. The Labute approximate surface area is 113 Å². The Morgan fingerprint density at radius 3 is 2.68 bits per heavy atom. The summed E-state index contributed by atoms with van der Waals surface area (Å²) in [6.45, 7) is 2.12. The molecule has 1 aromatic carbocycles. The van der Waals surface area contributed by atoms with E-state index >= 15 is 0 Å². The van der Waals surface area contributed by atoms with Crippen LogP contribution in [0, 0.1) is 6.92 Å². The second kappa shape index (κ2) is 5.61.